The van der Waals surface area contributed by atoms with Crippen LogP contribution < -0.4 is 4.74 Å². The minimum Gasteiger partial charge on any atom is -0.496 e. The third-order valence-corrected chi connectivity index (χ3v) is 4.29. The van der Waals surface area contributed by atoms with Crippen molar-refractivity contribution in [2.45, 2.75) is 6.10 Å². The van der Waals surface area contributed by atoms with Crippen LogP contribution in [0, 0.1) is 5.82 Å². The molecular weight excluding hydrogens is 341 g/mol. The van der Waals surface area contributed by atoms with Gasteiger partial charge in [-0.2, -0.15) is 0 Å². The Morgan fingerprint density at radius 3 is 2.35 bits per heavy atom. The lowest BCUT2D eigenvalue weighted by molar-refractivity contribution is 0.00589. The molecule has 1 aliphatic heterocycles. The summed E-state index contributed by atoms with van der Waals surface area (Å²) in [5.41, 5.74) is 1.24. The number of carbonyl (C=O) groups excluding carboxylic acids is 2. The molecule has 0 atom stereocenters. The van der Waals surface area contributed by atoms with E-state index < -0.39 is 17.9 Å². The molecule has 26 heavy (non-hydrogen) atoms. The van der Waals surface area contributed by atoms with Crippen LogP contribution in [0.2, 0.25) is 0 Å². The number of ether oxygens (including phenoxy) is 2. The largest absolute Gasteiger partial charge is 0.496 e. The number of carbonyl (C=O) groups is 2. The second kappa shape index (κ2) is 7.13. The van der Waals surface area contributed by atoms with Gasteiger partial charge in [-0.15, -0.1) is 0 Å². The van der Waals surface area contributed by atoms with E-state index in [0.717, 1.165) is 6.07 Å². The molecule has 6 nitrogen and oxygen atoms in total. The highest BCUT2D eigenvalue weighted by atomic mass is 19.1. The number of amides is 1. The van der Waals surface area contributed by atoms with E-state index >= 15 is 0 Å². The van der Waals surface area contributed by atoms with Gasteiger partial charge in [-0.3, -0.25) is 4.79 Å². The normalized spacial score (nSPS) is 13.9. The van der Waals surface area contributed by atoms with Crippen molar-refractivity contribution in [2.75, 3.05) is 27.3 Å². The number of aliphatic hydroxyl groups excluding tert-OH is 1. The molecule has 0 unspecified atom stereocenters. The van der Waals surface area contributed by atoms with Gasteiger partial charge in [0.15, 0.2) is 0 Å². The minimum atomic E-state index is -0.690. The van der Waals surface area contributed by atoms with E-state index in [1.54, 1.807) is 24.3 Å². The van der Waals surface area contributed by atoms with Gasteiger partial charge in [0.25, 0.3) is 5.91 Å². The fourth-order valence-corrected chi connectivity index (χ4v) is 2.81. The zero-order chi connectivity index (χ0) is 18.8. The maximum absolute atomic E-state index is 14.5. The number of benzene rings is 2. The molecule has 0 aromatic heterocycles. The standard InChI is InChI=1S/C19H18FNO5/c1-25-17-8-14(16(20)7-15(17)19(24)26-2)11-3-5-12(6-4-11)18(23)21-9-13(22)10-21/h3-8,13,22H,9-10H2,1-2H3. The van der Waals surface area contributed by atoms with Crippen LogP contribution in [0.25, 0.3) is 11.1 Å². The lowest BCUT2D eigenvalue weighted by Gasteiger charge is -2.35. The van der Waals surface area contributed by atoms with Gasteiger partial charge in [0, 0.05) is 24.2 Å². The third kappa shape index (κ3) is 3.25. The molecule has 136 valence electrons. The van der Waals surface area contributed by atoms with E-state index in [1.165, 1.54) is 25.2 Å². The summed E-state index contributed by atoms with van der Waals surface area (Å²) in [4.78, 5) is 25.5. The smallest absolute Gasteiger partial charge is 0.341 e. The lowest BCUT2D eigenvalue weighted by atomic mass is 10.00. The van der Waals surface area contributed by atoms with Gasteiger partial charge in [0.1, 0.15) is 17.1 Å². The van der Waals surface area contributed by atoms with Crippen molar-refractivity contribution >= 4 is 11.9 Å². The highest BCUT2D eigenvalue weighted by Gasteiger charge is 2.29. The van der Waals surface area contributed by atoms with Crippen LogP contribution in [0.15, 0.2) is 36.4 Å². The Balaban J connectivity index is 1.89. The van der Waals surface area contributed by atoms with Gasteiger partial charge in [-0.05, 0) is 29.8 Å². The Bertz CT molecular complexity index is 844. The number of nitrogens with zero attached hydrogens (tertiary/aromatic N) is 1. The Labute approximate surface area is 149 Å². The maximum atomic E-state index is 14.5. The summed E-state index contributed by atoms with van der Waals surface area (Å²) in [7, 11) is 2.59. The third-order valence-electron chi connectivity index (χ3n) is 4.29. The average Bonchev–Trinajstić information content (AvgIpc) is 2.64. The number of hydrogen-bond acceptors (Lipinski definition) is 5. The Hall–Kier alpha value is -2.93. The molecule has 2 aromatic rings. The van der Waals surface area contributed by atoms with Crippen molar-refractivity contribution in [1.82, 2.24) is 4.90 Å². The molecule has 7 heteroatoms. The van der Waals surface area contributed by atoms with Crippen LogP contribution in [-0.2, 0) is 4.74 Å². The molecule has 0 radical (unpaired) electrons. The fraction of sp³-hybridized carbons (Fsp3) is 0.263. The van der Waals surface area contributed by atoms with Gasteiger partial charge < -0.3 is 19.5 Å². The van der Waals surface area contributed by atoms with Gasteiger partial charge >= 0.3 is 5.97 Å². The number of β-amino-alcohol motifs (C(OH)–C–C–N with tert-alkyl or cyclic N) is 1. The summed E-state index contributed by atoms with van der Waals surface area (Å²) >= 11 is 0. The van der Waals surface area contributed by atoms with E-state index in [9.17, 15) is 19.1 Å². The topological polar surface area (TPSA) is 76.1 Å². The van der Waals surface area contributed by atoms with E-state index in [4.69, 9.17) is 4.74 Å². The van der Waals surface area contributed by atoms with Gasteiger partial charge in [0.05, 0.1) is 20.3 Å². The van der Waals surface area contributed by atoms with Crippen LogP contribution in [-0.4, -0.2) is 55.3 Å². The number of aliphatic hydroxyl groups is 1. The molecule has 0 bridgehead atoms. The highest BCUT2D eigenvalue weighted by Crippen LogP contribution is 2.31. The lowest BCUT2D eigenvalue weighted by Crippen LogP contribution is -2.53. The quantitative estimate of drug-likeness (QED) is 0.846. The van der Waals surface area contributed by atoms with Crippen molar-refractivity contribution in [3.05, 3.63) is 53.3 Å². The predicted molar refractivity (Wildman–Crippen MR) is 91.6 cm³/mol. The SMILES string of the molecule is COC(=O)c1cc(F)c(-c2ccc(C(=O)N3CC(O)C3)cc2)cc1OC. The molecule has 1 fully saturated rings. The first-order valence-corrected chi connectivity index (χ1v) is 7.98. The van der Waals surface area contributed by atoms with Crippen LogP contribution in [0.4, 0.5) is 4.39 Å². The molecule has 0 aliphatic carbocycles. The molecule has 1 amide bonds. The molecule has 3 rings (SSSR count). The summed E-state index contributed by atoms with van der Waals surface area (Å²) in [6.45, 7) is 0.642. The molecule has 0 saturated carbocycles. The van der Waals surface area contributed by atoms with Crippen LogP contribution >= 0.6 is 0 Å². The monoisotopic (exact) mass is 359 g/mol. The number of esters is 1. The maximum Gasteiger partial charge on any atom is 0.341 e. The summed E-state index contributed by atoms with van der Waals surface area (Å²) in [5, 5.41) is 9.29. The number of methoxy groups -OCH3 is 2. The highest BCUT2D eigenvalue weighted by molar-refractivity contribution is 5.96. The Kier molecular flexibility index (Phi) is 4.90. The van der Waals surface area contributed by atoms with Crippen LogP contribution in [0.3, 0.4) is 0 Å². The van der Waals surface area contributed by atoms with Crippen LogP contribution in [0.1, 0.15) is 20.7 Å². The summed E-state index contributed by atoms with van der Waals surface area (Å²) in [6.07, 6.45) is -0.465. The second-order valence-corrected chi connectivity index (χ2v) is 5.97. The average molecular weight is 359 g/mol. The first-order chi connectivity index (χ1) is 12.4. The molecule has 1 N–H and O–H groups in total. The summed E-state index contributed by atoms with van der Waals surface area (Å²) in [6, 6.07) is 8.94. The molecule has 1 saturated heterocycles. The summed E-state index contributed by atoms with van der Waals surface area (Å²) in [5.74, 6) is -1.27. The first kappa shape index (κ1) is 17.9. The van der Waals surface area contributed by atoms with Crippen LogP contribution in [0.5, 0.6) is 5.75 Å². The molecule has 1 aliphatic rings. The number of halogens is 1. The number of rotatable bonds is 4. The minimum absolute atomic E-state index is 0.000566. The van der Waals surface area contributed by atoms with E-state index in [1.807, 2.05) is 0 Å². The zero-order valence-electron chi connectivity index (χ0n) is 14.4. The molecule has 0 spiro atoms. The second-order valence-electron chi connectivity index (χ2n) is 5.97. The molecule has 1 heterocycles. The first-order valence-electron chi connectivity index (χ1n) is 7.98. The van der Waals surface area contributed by atoms with Crippen molar-refractivity contribution in [3.63, 3.8) is 0 Å². The van der Waals surface area contributed by atoms with Gasteiger partial charge in [0.2, 0.25) is 0 Å². The van der Waals surface area contributed by atoms with E-state index in [2.05, 4.69) is 4.74 Å². The van der Waals surface area contributed by atoms with Crippen molar-refractivity contribution < 1.29 is 28.6 Å². The van der Waals surface area contributed by atoms with E-state index in [0.29, 0.717) is 24.2 Å². The Morgan fingerprint density at radius 1 is 1.15 bits per heavy atom. The molecular formula is C19H18FNO5. The van der Waals surface area contributed by atoms with Crippen molar-refractivity contribution in [2.24, 2.45) is 0 Å². The fourth-order valence-electron chi connectivity index (χ4n) is 2.81. The van der Waals surface area contributed by atoms with Crippen molar-refractivity contribution in [3.8, 4) is 16.9 Å². The summed E-state index contributed by atoms with van der Waals surface area (Å²) < 4.78 is 24.3. The van der Waals surface area contributed by atoms with Gasteiger partial charge in [-0.1, -0.05) is 12.1 Å². The predicted octanol–water partition coefficient (Wildman–Crippen LogP) is 2.10. The van der Waals surface area contributed by atoms with Gasteiger partial charge in [-0.25, -0.2) is 9.18 Å². The molecule has 2 aromatic carbocycles. The number of likely N-dealkylation sites (tertiary alicyclic amines) is 1. The zero-order valence-corrected chi connectivity index (χ0v) is 14.4. The van der Waals surface area contributed by atoms with E-state index in [-0.39, 0.29) is 22.8 Å². The Morgan fingerprint density at radius 2 is 1.81 bits per heavy atom. The number of hydrogen-bond donors (Lipinski definition) is 1. The van der Waals surface area contributed by atoms with Crippen molar-refractivity contribution in [1.29, 1.82) is 0 Å².